The van der Waals surface area contributed by atoms with E-state index in [2.05, 4.69) is 70.6 Å². The Labute approximate surface area is 437 Å². The van der Waals surface area contributed by atoms with E-state index >= 15 is 0 Å². The second-order valence-electron chi connectivity index (χ2n) is 15.6. The number of benzene rings is 5. The van der Waals surface area contributed by atoms with Gasteiger partial charge in [0, 0.05) is 0 Å². The summed E-state index contributed by atoms with van der Waals surface area (Å²) in [5, 5.41) is 10.9. The van der Waals surface area contributed by atoms with Gasteiger partial charge in [-0.2, -0.15) is 48.7 Å². The fourth-order valence-electron chi connectivity index (χ4n) is 6.94. The van der Waals surface area contributed by atoms with E-state index in [9.17, 15) is 56.7 Å². The Bertz CT molecular complexity index is 4500. The number of ketones is 1. The lowest BCUT2D eigenvalue weighted by molar-refractivity contribution is 0.106. The molecule has 0 saturated carbocycles. The predicted octanol–water partition coefficient (Wildman–Crippen LogP) is 5.27. The van der Waals surface area contributed by atoms with Crippen LogP contribution in [0.2, 0.25) is 10.6 Å². The second kappa shape index (κ2) is 20.9. The second-order valence-corrected chi connectivity index (χ2v) is 21.9. The van der Waals surface area contributed by atoms with E-state index in [1.54, 1.807) is 36.4 Å². The van der Waals surface area contributed by atoms with Gasteiger partial charge in [0.1, 0.15) is 31.0 Å². The molecule has 0 unspecified atom stereocenters. The number of rotatable bonds is 12. The summed E-state index contributed by atoms with van der Waals surface area (Å²) in [7, 11) is -21.3. The smallest absolute Gasteiger partial charge is 0.296 e. The highest BCUT2D eigenvalue weighted by atomic mass is 35.5. The minimum atomic E-state index is -5.52. The average Bonchev–Trinajstić information content (AvgIpc) is 3.35. The van der Waals surface area contributed by atoms with Crippen LogP contribution < -0.4 is 33.6 Å². The number of aryl methyl sites for hydroxylation is 2. The van der Waals surface area contributed by atoms with Crippen molar-refractivity contribution >= 4 is 127 Å². The summed E-state index contributed by atoms with van der Waals surface area (Å²) in [5.74, 6) is -1.52. The van der Waals surface area contributed by atoms with Crippen LogP contribution in [0.4, 0.5) is 45.5 Å². The number of azo groups is 1. The molecule has 76 heavy (non-hydrogen) atoms. The number of nitrogens with two attached hydrogens (primary N) is 1. The Kier molecular flexibility index (Phi) is 14.8. The lowest BCUT2D eigenvalue weighted by atomic mass is 9.92. The number of aromatic nitrogens is 6. The lowest BCUT2D eigenvalue weighted by Crippen LogP contribution is -2.28. The van der Waals surface area contributed by atoms with Gasteiger partial charge in [0.05, 0.1) is 39.7 Å². The zero-order valence-electron chi connectivity index (χ0n) is 38.2. The Morgan fingerprint density at radius 2 is 1.08 bits per heavy atom. The predicted molar refractivity (Wildman–Crippen MR) is 271 cm³/mol. The van der Waals surface area contributed by atoms with Crippen molar-refractivity contribution in [1.29, 1.82) is 0 Å². The Balaban J connectivity index is 1.22. The number of Topliss-reactive ketones (excluding diaryl/α,β-unsaturated/α-hetero) is 1. The number of nitrogens with one attached hydrogen (secondary N) is 5. The van der Waals surface area contributed by atoms with Crippen LogP contribution in [0, 0.1) is 13.8 Å². The highest BCUT2D eigenvalue weighted by molar-refractivity contribution is 7.91. The van der Waals surface area contributed by atoms with Crippen molar-refractivity contribution in [2.24, 2.45) is 35.3 Å². The summed E-state index contributed by atoms with van der Waals surface area (Å²) in [6, 6.07) is 20.4. The maximum absolute atomic E-state index is 14.4. The monoisotopic (exact) mass is 1150 g/mol. The van der Waals surface area contributed by atoms with Crippen LogP contribution in [0.5, 0.6) is 0 Å². The van der Waals surface area contributed by atoms with Gasteiger partial charge < -0.3 is 15.7 Å². The number of carbonyl (C=O) groups excluding carboxylic acids is 1. The number of hydrogen-bond acceptors (Lipinski definition) is 20. The number of aromatic amines is 4. The largest absolute Gasteiger partial charge is 0.396 e. The first kappa shape index (κ1) is 54.1. The van der Waals surface area contributed by atoms with Crippen molar-refractivity contribution in [1.82, 2.24) is 29.9 Å². The molecule has 0 aliphatic heterocycles. The highest BCUT2D eigenvalue weighted by Crippen LogP contribution is 2.42. The summed E-state index contributed by atoms with van der Waals surface area (Å²) >= 11 is 12.4. The zero-order chi connectivity index (χ0) is 55.1. The van der Waals surface area contributed by atoms with Gasteiger partial charge in [0.15, 0.2) is 5.71 Å². The molecule has 0 amide bonds. The van der Waals surface area contributed by atoms with Crippen molar-refractivity contribution in [2.75, 3.05) is 11.2 Å². The first-order chi connectivity index (χ1) is 35.6. The van der Waals surface area contributed by atoms with Crippen molar-refractivity contribution in [3.63, 3.8) is 0 Å². The molecule has 0 spiro atoms. The number of hydrogen-bond donors (Lipinski definition) is 10. The van der Waals surface area contributed by atoms with Crippen LogP contribution in [0.15, 0.2) is 146 Å². The number of allylic oxidation sites excluding steroid dienone is 1. The summed E-state index contributed by atoms with van der Waals surface area (Å²) in [4.78, 5) is 46.5. The fourth-order valence-corrected chi connectivity index (χ4v) is 9.83. The van der Waals surface area contributed by atoms with Crippen molar-refractivity contribution in [3.05, 3.63) is 151 Å². The maximum Gasteiger partial charge on any atom is 0.296 e. The molecule has 392 valence electrons. The van der Waals surface area contributed by atoms with Crippen LogP contribution in [-0.4, -0.2) is 93.3 Å². The number of anilines is 2. The summed E-state index contributed by atoms with van der Waals surface area (Å²) in [6.45, 7) is 3.61. The molecule has 8 rings (SSSR count). The van der Waals surface area contributed by atoms with Gasteiger partial charge in [-0.1, -0.05) is 36.4 Å². The molecule has 0 atom stereocenters. The minimum Gasteiger partial charge on any atom is -0.396 e. The number of halogens is 2. The lowest BCUT2D eigenvalue weighted by Gasteiger charge is -2.20. The van der Waals surface area contributed by atoms with Crippen LogP contribution in [-0.2, 0) is 40.5 Å². The summed E-state index contributed by atoms with van der Waals surface area (Å²) in [5.41, 5.74) is 4.56. The van der Waals surface area contributed by atoms with E-state index in [1.165, 1.54) is 0 Å². The van der Waals surface area contributed by atoms with Crippen LogP contribution in [0.3, 0.4) is 0 Å². The number of H-pyrrole nitrogens is 4. The van der Waals surface area contributed by atoms with E-state index < -0.39 is 105 Å². The molecule has 34 heteroatoms. The van der Waals surface area contributed by atoms with Crippen LogP contribution in [0.1, 0.15) is 27.0 Å². The zero-order valence-corrected chi connectivity index (χ0v) is 43.0. The molecule has 1 aliphatic rings. The van der Waals surface area contributed by atoms with Crippen molar-refractivity contribution < 1.29 is 56.7 Å². The Morgan fingerprint density at radius 3 is 1.58 bits per heavy atom. The van der Waals surface area contributed by atoms with Gasteiger partial charge in [-0.05, 0) is 114 Å². The number of nitrogens with zero attached hydrogens (tertiary/aromatic N) is 9. The quantitative estimate of drug-likeness (QED) is 0.0322. The molecule has 11 N–H and O–H groups in total. The van der Waals surface area contributed by atoms with E-state index in [4.69, 9.17) is 28.9 Å². The molecule has 2 heterocycles. The highest BCUT2D eigenvalue weighted by Gasteiger charge is 2.37. The molecule has 2 aromatic heterocycles. The molecule has 1 aliphatic carbocycles. The number of para-hydroxylation sites is 2. The number of nitrogen functional groups attached to an aromatic ring is 1. The standard InChI is InChI=1S/C42H33Cl2N15O13S4/c1-19-7-3-5-9-24(19)48-41-52-37(43)50-39(54-41)46-22-11-13-28(73(61,62)63)26(17-22)56-58-34-30(75(67,68)69)15-21-16-31(76(70,71)72)35(36(60)32(21)33(34)45)59-57-27-18-23(12-14-29(27)74(64,65)66)47-40-51-38(44)53-42(55-40)49-25-10-6-4-8-20(25)2/h3-18,57H,45H2,1-2H3,(H,61,62,63)(H,64,65,66)(H,67,68,69)(H,70,71,72)(H2,46,48,50,52,54)(H2,47,49,51,53,55)/b58-56?,59-35-. The first-order valence-electron chi connectivity index (χ1n) is 20.8. The maximum atomic E-state index is 14.4. The third-order valence-corrected chi connectivity index (χ3v) is 14.2. The van der Waals surface area contributed by atoms with Gasteiger partial charge in [-0.25, -0.2) is 20.0 Å². The molecule has 0 saturated heterocycles. The molecule has 0 fully saturated rings. The summed E-state index contributed by atoms with van der Waals surface area (Å²) in [6.07, 6.45) is 0.519. The van der Waals surface area contributed by atoms with E-state index in [-0.39, 0.29) is 44.4 Å². The number of hydrazone groups is 1. The topological polar surface area (TPSA) is 448 Å². The SMILES string of the molecule is Cc1ccccc1N=c1[nH]c(Cl)nc(=Nc2ccc(S(=O)(=O)O)c(N=Nc3c(S(=O)(=O)O)cc4c(c3N)C(=O)/C(=N\Nc3cc(N=c5nc(Cl)[nH]c(=Nc6ccccc6C)[nH]5)ccc3S(=O)(=O)O)C(S(=O)(=O)O)=C4)c2)[nH]1. The van der Waals surface area contributed by atoms with E-state index in [1.807, 2.05) is 26.0 Å². The molecule has 5 aromatic carbocycles. The molecule has 0 radical (unpaired) electrons. The molecule has 7 aromatic rings. The van der Waals surface area contributed by atoms with Gasteiger partial charge >= 0.3 is 0 Å². The third kappa shape index (κ3) is 12.3. The minimum absolute atomic E-state index is 0.0783. The third-order valence-electron chi connectivity index (χ3n) is 10.3. The Morgan fingerprint density at radius 1 is 0.579 bits per heavy atom. The van der Waals surface area contributed by atoms with E-state index in [0.29, 0.717) is 23.5 Å². The fraction of sp³-hybridized carbons (Fsp3) is 0.0476. The van der Waals surface area contributed by atoms with E-state index in [0.717, 1.165) is 47.5 Å². The number of carbonyl (C=O) groups is 1. The summed E-state index contributed by atoms with van der Waals surface area (Å²) < 4.78 is 142. The molecular formula is C42H33Cl2N15O13S4. The normalized spacial score (nSPS) is 14.9. The van der Waals surface area contributed by atoms with Gasteiger partial charge in [0.25, 0.3) is 40.5 Å². The van der Waals surface area contributed by atoms with Crippen LogP contribution in [0.25, 0.3) is 6.08 Å². The van der Waals surface area contributed by atoms with Gasteiger partial charge in [-0.3, -0.25) is 38.4 Å². The van der Waals surface area contributed by atoms with Crippen molar-refractivity contribution in [2.45, 2.75) is 28.5 Å². The van der Waals surface area contributed by atoms with Crippen LogP contribution >= 0.6 is 23.2 Å². The van der Waals surface area contributed by atoms with Crippen molar-refractivity contribution in [3.8, 4) is 0 Å². The van der Waals surface area contributed by atoms with Gasteiger partial charge in [0.2, 0.25) is 38.8 Å². The first-order valence-corrected chi connectivity index (χ1v) is 27.3. The average molecular weight is 1150 g/mol. The Hall–Kier alpha value is -8.18. The van der Waals surface area contributed by atoms with Gasteiger partial charge in [-0.15, -0.1) is 10.2 Å². The molecular weight excluding hydrogens is 1120 g/mol. The molecule has 28 nitrogen and oxygen atoms in total. The number of fused-ring (bicyclic) bond motifs is 1. The molecule has 0 bridgehead atoms.